The van der Waals surface area contributed by atoms with Crippen LogP contribution in [-0.2, 0) is 6.18 Å². The Morgan fingerprint density at radius 1 is 1.21 bits per heavy atom. The standard InChI is InChI=1S/C18H24F4N2/c1-2-3-4-5-9-16(24-12-10-23-11-13-24)17-14(18(20,21)22)7-6-8-15(17)19/h2,6-8,16,23H,1,3-5,9-13H2/t16-/m1/s1. The minimum atomic E-state index is -4.55. The van der Waals surface area contributed by atoms with Crippen molar-refractivity contribution < 1.29 is 17.6 Å². The van der Waals surface area contributed by atoms with E-state index in [1.165, 1.54) is 0 Å². The highest BCUT2D eigenvalue weighted by atomic mass is 19.4. The van der Waals surface area contributed by atoms with Crippen molar-refractivity contribution in [2.24, 2.45) is 0 Å². The average molecular weight is 344 g/mol. The number of nitrogens with zero attached hydrogens (tertiary/aromatic N) is 1. The molecule has 0 unspecified atom stereocenters. The summed E-state index contributed by atoms with van der Waals surface area (Å²) >= 11 is 0. The quantitative estimate of drug-likeness (QED) is 0.444. The molecular weight excluding hydrogens is 320 g/mol. The largest absolute Gasteiger partial charge is 0.416 e. The van der Waals surface area contributed by atoms with Crippen molar-refractivity contribution >= 4 is 0 Å². The van der Waals surface area contributed by atoms with E-state index < -0.39 is 23.6 Å². The lowest BCUT2D eigenvalue weighted by molar-refractivity contribution is -0.139. The van der Waals surface area contributed by atoms with Gasteiger partial charge in [-0.1, -0.05) is 18.6 Å². The van der Waals surface area contributed by atoms with Gasteiger partial charge < -0.3 is 5.32 Å². The first-order valence-electron chi connectivity index (χ1n) is 8.36. The van der Waals surface area contributed by atoms with E-state index in [1.807, 2.05) is 4.90 Å². The monoisotopic (exact) mass is 344 g/mol. The molecule has 24 heavy (non-hydrogen) atoms. The molecule has 1 atom stereocenters. The lowest BCUT2D eigenvalue weighted by atomic mass is 9.93. The van der Waals surface area contributed by atoms with Gasteiger partial charge in [0, 0.05) is 37.8 Å². The van der Waals surface area contributed by atoms with Crippen LogP contribution in [0, 0.1) is 5.82 Å². The molecule has 0 radical (unpaired) electrons. The van der Waals surface area contributed by atoms with Gasteiger partial charge >= 0.3 is 6.18 Å². The number of unbranched alkanes of at least 4 members (excludes halogenated alkanes) is 2. The molecule has 0 spiro atoms. The van der Waals surface area contributed by atoms with E-state index in [-0.39, 0.29) is 5.56 Å². The molecule has 2 rings (SSSR count). The first kappa shape index (κ1) is 18.9. The van der Waals surface area contributed by atoms with Crippen LogP contribution in [0.25, 0.3) is 0 Å². The first-order valence-corrected chi connectivity index (χ1v) is 8.36. The topological polar surface area (TPSA) is 15.3 Å². The van der Waals surface area contributed by atoms with Gasteiger partial charge in [0.15, 0.2) is 0 Å². The molecule has 1 fully saturated rings. The minimum Gasteiger partial charge on any atom is -0.314 e. The van der Waals surface area contributed by atoms with Gasteiger partial charge in [0.05, 0.1) is 5.56 Å². The molecule has 1 aromatic rings. The maximum absolute atomic E-state index is 14.4. The molecular formula is C18H24F4N2. The summed E-state index contributed by atoms with van der Waals surface area (Å²) in [5, 5.41) is 3.19. The fourth-order valence-corrected chi connectivity index (χ4v) is 3.25. The van der Waals surface area contributed by atoms with Gasteiger partial charge in [-0.05, 0) is 31.4 Å². The molecule has 0 saturated carbocycles. The number of benzene rings is 1. The van der Waals surface area contributed by atoms with E-state index >= 15 is 0 Å². The zero-order chi connectivity index (χ0) is 17.6. The van der Waals surface area contributed by atoms with Gasteiger partial charge in [-0.25, -0.2) is 4.39 Å². The molecule has 1 aliphatic heterocycles. The Morgan fingerprint density at radius 3 is 2.54 bits per heavy atom. The van der Waals surface area contributed by atoms with E-state index in [0.717, 1.165) is 37.5 Å². The normalized spacial score (nSPS) is 17.7. The van der Waals surface area contributed by atoms with Crippen molar-refractivity contribution in [1.29, 1.82) is 0 Å². The van der Waals surface area contributed by atoms with Crippen LogP contribution in [0.1, 0.15) is 42.9 Å². The lowest BCUT2D eigenvalue weighted by Gasteiger charge is -2.36. The molecule has 1 aliphatic rings. The van der Waals surface area contributed by atoms with Crippen LogP contribution in [0.2, 0.25) is 0 Å². The van der Waals surface area contributed by atoms with Crippen LogP contribution < -0.4 is 5.32 Å². The highest BCUT2D eigenvalue weighted by Gasteiger charge is 2.38. The van der Waals surface area contributed by atoms with Gasteiger partial charge in [-0.2, -0.15) is 13.2 Å². The van der Waals surface area contributed by atoms with E-state index in [4.69, 9.17) is 0 Å². The maximum atomic E-state index is 14.4. The number of hydrogen-bond acceptors (Lipinski definition) is 2. The first-order chi connectivity index (χ1) is 11.4. The van der Waals surface area contributed by atoms with Gasteiger partial charge in [0.2, 0.25) is 0 Å². The van der Waals surface area contributed by atoms with E-state index in [1.54, 1.807) is 6.08 Å². The number of piperazine rings is 1. The second-order valence-electron chi connectivity index (χ2n) is 6.07. The van der Waals surface area contributed by atoms with Gasteiger partial charge in [-0.3, -0.25) is 4.90 Å². The number of allylic oxidation sites excluding steroid dienone is 1. The van der Waals surface area contributed by atoms with Crippen LogP contribution in [0.15, 0.2) is 30.9 Å². The van der Waals surface area contributed by atoms with Crippen molar-refractivity contribution in [2.75, 3.05) is 26.2 Å². The molecule has 2 nitrogen and oxygen atoms in total. The zero-order valence-electron chi connectivity index (χ0n) is 13.7. The molecule has 0 amide bonds. The van der Waals surface area contributed by atoms with Crippen molar-refractivity contribution in [2.45, 2.75) is 37.9 Å². The van der Waals surface area contributed by atoms with Crippen LogP contribution >= 0.6 is 0 Å². The Hall–Kier alpha value is -1.40. The van der Waals surface area contributed by atoms with Crippen molar-refractivity contribution in [1.82, 2.24) is 10.2 Å². The Balaban J connectivity index is 2.33. The van der Waals surface area contributed by atoms with E-state index in [9.17, 15) is 17.6 Å². The summed E-state index contributed by atoms with van der Waals surface area (Å²) in [6.45, 7) is 6.32. The van der Waals surface area contributed by atoms with Crippen LogP contribution in [0.5, 0.6) is 0 Å². The second kappa shape index (κ2) is 8.62. The van der Waals surface area contributed by atoms with Crippen LogP contribution in [0.4, 0.5) is 17.6 Å². The van der Waals surface area contributed by atoms with Gasteiger partial charge in [-0.15, -0.1) is 6.58 Å². The number of rotatable bonds is 7. The maximum Gasteiger partial charge on any atom is 0.416 e. The number of halogens is 4. The number of hydrogen-bond donors (Lipinski definition) is 1. The summed E-state index contributed by atoms with van der Waals surface area (Å²) in [6, 6.07) is 2.70. The summed E-state index contributed by atoms with van der Waals surface area (Å²) in [4.78, 5) is 1.97. The predicted molar refractivity (Wildman–Crippen MR) is 87.3 cm³/mol. The summed E-state index contributed by atoms with van der Waals surface area (Å²) in [7, 11) is 0. The number of nitrogens with one attached hydrogen (secondary N) is 1. The molecule has 1 heterocycles. The summed E-state index contributed by atoms with van der Waals surface area (Å²) in [5.74, 6) is -0.767. The second-order valence-corrected chi connectivity index (χ2v) is 6.07. The van der Waals surface area contributed by atoms with Crippen molar-refractivity contribution in [3.05, 3.63) is 47.8 Å². The fraction of sp³-hybridized carbons (Fsp3) is 0.556. The zero-order valence-corrected chi connectivity index (χ0v) is 13.7. The van der Waals surface area contributed by atoms with Gasteiger partial charge in [0.25, 0.3) is 0 Å². The summed E-state index contributed by atoms with van der Waals surface area (Å²) < 4.78 is 54.6. The minimum absolute atomic E-state index is 0.203. The SMILES string of the molecule is C=CCCCC[C@H](c1c(F)cccc1C(F)(F)F)N1CCNCC1. The molecule has 0 aliphatic carbocycles. The predicted octanol–water partition coefficient (Wildman–Crippen LogP) is 4.54. The van der Waals surface area contributed by atoms with Gasteiger partial charge in [0.1, 0.15) is 5.82 Å². The van der Waals surface area contributed by atoms with Crippen molar-refractivity contribution in [3.63, 3.8) is 0 Å². The molecule has 1 aromatic carbocycles. The highest BCUT2D eigenvalue weighted by Crippen LogP contribution is 2.39. The third kappa shape index (κ3) is 4.80. The molecule has 6 heteroatoms. The Labute approximate surface area is 140 Å². The molecule has 1 N–H and O–H groups in total. The lowest BCUT2D eigenvalue weighted by Crippen LogP contribution is -2.45. The third-order valence-electron chi connectivity index (χ3n) is 4.42. The Morgan fingerprint density at radius 2 is 1.92 bits per heavy atom. The smallest absolute Gasteiger partial charge is 0.314 e. The molecule has 134 valence electrons. The summed E-state index contributed by atoms with van der Waals surface area (Å²) in [6.07, 6.45) is 0.165. The fourth-order valence-electron chi connectivity index (χ4n) is 3.25. The van der Waals surface area contributed by atoms with E-state index in [0.29, 0.717) is 32.6 Å². The van der Waals surface area contributed by atoms with E-state index in [2.05, 4.69) is 11.9 Å². The number of alkyl halides is 3. The Kier molecular flexibility index (Phi) is 6.80. The summed E-state index contributed by atoms with van der Waals surface area (Å²) in [5.41, 5.74) is -1.06. The highest BCUT2D eigenvalue weighted by molar-refractivity contribution is 5.34. The average Bonchev–Trinajstić information content (AvgIpc) is 2.55. The van der Waals surface area contributed by atoms with Crippen LogP contribution in [-0.4, -0.2) is 31.1 Å². The molecule has 0 aromatic heterocycles. The molecule has 1 saturated heterocycles. The third-order valence-corrected chi connectivity index (χ3v) is 4.42. The Bertz CT molecular complexity index is 536. The van der Waals surface area contributed by atoms with Crippen LogP contribution in [0.3, 0.4) is 0 Å². The van der Waals surface area contributed by atoms with Crippen molar-refractivity contribution in [3.8, 4) is 0 Å². The molecule has 0 bridgehead atoms.